The van der Waals surface area contributed by atoms with Gasteiger partial charge < -0.3 is 9.13 Å². The predicted molar refractivity (Wildman–Crippen MR) is 197 cm³/mol. The molecule has 0 aliphatic carbocycles. The van der Waals surface area contributed by atoms with E-state index >= 15 is 0 Å². The Morgan fingerprint density at radius 2 is 0.833 bits per heavy atom. The van der Waals surface area contributed by atoms with E-state index in [4.69, 9.17) is 6.57 Å². The summed E-state index contributed by atoms with van der Waals surface area (Å²) >= 11 is 0. The minimum absolute atomic E-state index is 0.487. The van der Waals surface area contributed by atoms with Crippen molar-refractivity contribution in [1.29, 1.82) is 5.26 Å². The molecular weight excluding hydrogens is 585 g/mol. The second-order valence-corrected chi connectivity index (χ2v) is 11.9. The van der Waals surface area contributed by atoms with Gasteiger partial charge in [-0.2, -0.15) is 5.26 Å². The highest BCUT2D eigenvalue weighted by Crippen LogP contribution is 2.43. The van der Waals surface area contributed by atoms with E-state index < -0.39 is 0 Å². The SMILES string of the molecule is [C-]#[N+]c1cc(-c2ccccc2-c2ccccc2-n2c3ccccc3c3ccccc32)c(C#N)cc1-n1c2ccccc2c2ccccc21. The maximum Gasteiger partial charge on any atom is 0.211 e. The topological polar surface area (TPSA) is 38.0 Å². The van der Waals surface area contributed by atoms with Crippen molar-refractivity contribution in [2.75, 3.05) is 0 Å². The first-order chi connectivity index (χ1) is 23.8. The largest absolute Gasteiger partial charge is 0.319 e. The maximum absolute atomic E-state index is 10.7. The van der Waals surface area contributed by atoms with E-state index in [9.17, 15) is 5.26 Å². The number of fused-ring (bicyclic) bond motifs is 6. The fourth-order valence-electron chi connectivity index (χ4n) is 7.37. The standard InChI is InChI=1S/C44H26N4/c1-46-38-27-37(29(28-45)26-44(38)48-42-24-12-7-19-35(42)36-20-8-13-25-43(36)48)31-15-3-2-14-30(31)32-16-4-9-21-39(32)47-40-22-10-5-17-33(40)34-18-6-11-23-41(34)47/h2-27H. The predicted octanol–water partition coefficient (Wildman–Crippen LogP) is 11.6. The van der Waals surface area contributed by atoms with E-state index in [1.54, 1.807) is 0 Å². The molecule has 4 heteroatoms. The molecular formula is C44H26N4. The Kier molecular flexibility index (Phi) is 6.22. The van der Waals surface area contributed by atoms with E-state index in [-0.39, 0.29) is 0 Å². The Morgan fingerprint density at radius 3 is 1.31 bits per heavy atom. The second-order valence-electron chi connectivity index (χ2n) is 11.9. The van der Waals surface area contributed by atoms with Crippen LogP contribution in [-0.4, -0.2) is 9.13 Å². The summed E-state index contributed by atoms with van der Waals surface area (Å²) in [4.78, 5) is 4.05. The lowest BCUT2D eigenvalue weighted by atomic mass is 9.90. The van der Waals surface area contributed by atoms with Crippen molar-refractivity contribution in [2.24, 2.45) is 0 Å². The summed E-state index contributed by atoms with van der Waals surface area (Å²) in [6.45, 7) is 8.32. The third-order valence-electron chi connectivity index (χ3n) is 9.41. The third-order valence-corrected chi connectivity index (χ3v) is 9.41. The number of nitrogens with zero attached hydrogens (tertiary/aromatic N) is 4. The minimum Gasteiger partial charge on any atom is -0.319 e. The number of aromatic nitrogens is 2. The average Bonchev–Trinajstić information content (AvgIpc) is 3.67. The van der Waals surface area contributed by atoms with Crippen molar-refractivity contribution in [3.05, 3.63) is 175 Å². The van der Waals surface area contributed by atoms with Gasteiger partial charge in [0.15, 0.2) is 0 Å². The van der Waals surface area contributed by atoms with E-state index in [1.807, 2.05) is 48.5 Å². The summed E-state index contributed by atoms with van der Waals surface area (Å²) in [5.74, 6) is 0. The Bertz CT molecular complexity index is 2710. The number of hydrogen-bond donors (Lipinski definition) is 0. The first-order valence-corrected chi connectivity index (χ1v) is 15.9. The number of nitriles is 1. The number of rotatable bonds is 4. The van der Waals surface area contributed by atoms with Gasteiger partial charge in [-0.1, -0.05) is 115 Å². The van der Waals surface area contributed by atoms with Crippen molar-refractivity contribution >= 4 is 49.3 Å². The molecule has 9 rings (SSSR count). The summed E-state index contributed by atoms with van der Waals surface area (Å²) in [5, 5.41) is 15.3. The quantitative estimate of drug-likeness (QED) is 0.183. The Labute approximate surface area is 277 Å². The second kappa shape index (κ2) is 10.9. The van der Waals surface area contributed by atoms with Gasteiger partial charge in [0, 0.05) is 27.1 Å². The molecule has 0 unspecified atom stereocenters. The van der Waals surface area contributed by atoms with Crippen LogP contribution in [0.5, 0.6) is 0 Å². The molecule has 9 aromatic rings. The van der Waals surface area contributed by atoms with Crippen LogP contribution in [0.25, 0.3) is 82.1 Å². The lowest BCUT2D eigenvalue weighted by Crippen LogP contribution is -1.99. The first kappa shape index (κ1) is 27.4. The molecule has 0 saturated carbocycles. The molecule has 7 aromatic carbocycles. The fraction of sp³-hybridized carbons (Fsp3) is 0. The van der Waals surface area contributed by atoms with Gasteiger partial charge in [-0.3, -0.25) is 0 Å². The van der Waals surface area contributed by atoms with Crippen molar-refractivity contribution in [1.82, 2.24) is 9.13 Å². The summed E-state index contributed by atoms with van der Waals surface area (Å²) in [7, 11) is 0. The Hall–Kier alpha value is -6.88. The Balaban J connectivity index is 1.29. The number of benzene rings is 7. The van der Waals surface area contributed by atoms with Gasteiger partial charge in [0.25, 0.3) is 0 Å². The lowest BCUT2D eigenvalue weighted by molar-refractivity contribution is 1.18. The molecule has 0 amide bonds. The van der Waals surface area contributed by atoms with Gasteiger partial charge >= 0.3 is 0 Å². The molecule has 0 fully saturated rings. The van der Waals surface area contributed by atoms with Gasteiger partial charge in [0.1, 0.15) is 0 Å². The first-order valence-electron chi connectivity index (χ1n) is 15.9. The molecule has 222 valence electrons. The fourth-order valence-corrected chi connectivity index (χ4v) is 7.37. The van der Waals surface area contributed by atoms with Crippen LogP contribution in [-0.2, 0) is 0 Å². The highest BCUT2D eigenvalue weighted by atomic mass is 15.0. The normalized spacial score (nSPS) is 11.3. The monoisotopic (exact) mass is 610 g/mol. The maximum atomic E-state index is 10.7. The summed E-state index contributed by atoms with van der Waals surface area (Å²) < 4.78 is 4.45. The van der Waals surface area contributed by atoms with Crippen LogP contribution in [0.4, 0.5) is 5.69 Å². The zero-order chi connectivity index (χ0) is 32.2. The van der Waals surface area contributed by atoms with E-state index in [1.165, 1.54) is 10.8 Å². The summed E-state index contributed by atoms with van der Waals surface area (Å²) in [5.41, 5.74) is 10.7. The summed E-state index contributed by atoms with van der Waals surface area (Å²) in [6.07, 6.45) is 0. The highest BCUT2D eigenvalue weighted by Gasteiger charge is 2.21. The van der Waals surface area contributed by atoms with Crippen LogP contribution in [0.1, 0.15) is 5.56 Å². The molecule has 0 aliphatic heterocycles. The van der Waals surface area contributed by atoms with Gasteiger partial charge in [0.2, 0.25) is 5.69 Å². The van der Waals surface area contributed by atoms with Crippen LogP contribution in [0, 0.1) is 17.9 Å². The highest BCUT2D eigenvalue weighted by molar-refractivity contribution is 6.11. The molecule has 0 aliphatic rings. The van der Waals surface area contributed by atoms with Gasteiger partial charge in [-0.15, -0.1) is 0 Å². The number of para-hydroxylation sites is 5. The molecule has 0 radical (unpaired) electrons. The molecule has 0 atom stereocenters. The van der Waals surface area contributed by atoms with Crippen molar-refractivity contribution in [2.45, 2.75) is 0 Å². The minimum atomic E-state index is 0.487. The van der Waals surface area contributed by atoms with Crippen LogP contribution in [0.2, 0.25) is 0 Å². The lowest BCUT2D eigenvalue weighted by Gasteiger charge is -2.18. The molecule has 4 nitrogen and oxygen atoms in total. The Morgan fingerprint density at radius 1 is 0.438 bits per heavy atom. The van der Waals surface area contributed by atoms with Crippen molar-refractivity contribution in [3.8, 4) is 39.7 Å². The zero-order valence-electron chi connectivity index (χ0n) is 25.8. The van der Waals surface area contributed by atoms with Crippen LogP contribution < -0.4 is 0 Å². The number of hydrogen-bond acceptors (Lipinski definition) is 1. The molecule has 2 heterocycles. The average molecular weight is 611 g/mol. The van der Waals surface area contributed by atoms with E-state index in [0.29, 0.717) is 16.9 Å². The molecule has 0 bridgehead atoms. The summed E-state index contributed by atoms with van der Waals surface area (Å²) in [6, 6.07) is 56.4. The molecule has 0 saturated heterocycles. The van der Waals surface area contributed by atoms with Gasteiger partial charge in [0.05, 0.1) is 51.6 Å². The molecule has 0 N–H and O–H groups in total. The van der Waals surface area contributed by atoms with E-state index in [0.717, 1.165) is 60.8 Å². The van der Waals surface area contributed by atoms with Crippen LogP contribution >= 0.6 is 0 Å². The zero-order valence-corrected chi connectivity index (χ0v) is 25.8. The van der Waals surface area contributed by atoms with Gasteiger partial charge in [-0.25, -0.2) is 4.85 Å². The smallest absolute Gasteiger partial charge is 0.211 e. The molecule has 2 aromatic heterocycles. The van der Waals surface area contributed by atoms with Gasteiger partial charge in [-0.05, 0) is 59.2 Å². The van der Waals surface area contributed by atoms with Crippen molar-refractivity contribution < 1.29 is 0 Å². The van der Waals surface area contributed by atoms with Crippen LogP contribution in [0.3, 0.4) is 0 Å². The van der Waals surface area contributed by atoms with E-state index in [2.05, 4.69) is 129 Å². The molecule has 48 heavy (non-hydrogen) atoms. The third kappa shape index (κ3) is 4.01. The molecule has 0 spiro atoms. The van der Waals surface area contributed by atoms with Crippen molar-refractivity contribution in [3.63, 3.8) is 0 Å². The van der Waals surface area contributed by atoms with Crippen LogP contribution in [0.15, 0.2) is 158 Å².